The summed E-state index contributed by atoms with van der Waals surface area (Å²) in [7, 11) is 0. The van der Waals surface area contributed by atoms with Gasteiger partial charge in [-0.2, -0.15) is 0 Å². The summed E-state index contributed by atoms with van der Waals surface area (Å²) in [4.78, 5) is 11.8. The second-order valence-corrected chi connectivity index (χ2v) is 5.62. The minimum absolute atomic E-state index is 0.107. The maximum Gasteiger partial charge on any atom is 0.220 e. The molecule has 2 fully saturated rings. The van der Waals surface area contributed by atoms with Gasteiger partial charge in [0.25, 0.3) is 0 Å². The first kappa shape index (κ1) is 11.9. The van der Waals surface area contributed by atoms with Crippen molar-refractivity contribution in [2.45, 2.75) is 51.5 Å². The summed E-state index contributed by atoms with van der Waals surface area (Å²) in [6.07, 6.45) is 6.73. The standard InChI is InChI=1S/C13H23NO2/c1-9(4-5-15)14-13(16)8-12-7-10-2-3-11(12)6-10/h9-12,15H,2-8H2,1H3,(H,14,16). The Morgan fingerprint density at radius 2 is 2.25 bits per heavy atom. The van der Waals surface area contributed by atoms with Gasteiger partial charge in [-0.05, 0) is 50.4 Å². The van der Waals surface area contributed by atoms with E-state index in [0.29, 0.717) is 18.8 Å². The van der Waals surface area contributed by atoms with Crippen LogP contribution in [0, 0.1) is 17.8 Å². The maximum atomic E-state index is 11.8. The predicted octanol–water partition coefficient (Wildman–Crippen LogP) is 1.70. The highest BCUT2D eigenvalue weighted by atomic mass is 16.3. The van der Waals surface area contributed by atoms with Gasteiger partial charge in [0.2, 0.25) is 5.91 Å². The van der Waals surface area contributed by atoms with Crippen molar-refractivity contribution < 1.29 is 9.90 Å². The van der Waals surface area contributed by atoms with E-state index in [9.17, 15) is 4.79 Å². The lowest BCUT2D eigenvalue weighted by atomic mass is 9.86. The second kappa shape index (κ2) is 5.17. The van der Waals surface area contributed by atoms with Gasteiger partial charge in [0, 0.05) is 19.1 Å². The normalized spacial score (nSPS) is 34.0. The summed E-state index contributed by atoms with van der Waals surface area (Å²) >= 11 is 0. The highest BCUT2D eigenvalue weighted by Crippen LogP contribution is 2.49. The minimum Gasteiger partial charge on any atom is -0.396 e. The van der Waals surface area contributed by atoms with E-state index in [1.807, 2.05) is 6.92 Å². The van der Waals surface area contributed by atoms with Crippen LogP contribution in [0.3, 0.4) is 0 Å². The Balaban J connectivity index is 1.71. The molecule has 0 aliphatic heterocycles. The molecule has 1 amide bonds. The Morgan fingerprint density at radius 3 is 2.81 bits per heavy atom. The Kier molecular flexibility index (Phi) is 3.85. The fourth-order valence-corrected chi connectivity index (χ4v) is 3.46. The van der Waals surface area contributed by atoms with Crippen LogP contribution in [-0.2, 0) is 4.79 Å². The number of fused-ring (bicyclic) bond motifs is 2. The largest absolute Gasteiger partial charge is 0.396 e. The Morgan fingerprint density at radius 1 is 1.44 bits per heavy atom. The topological polar surface area (TPSA) is 49.3 Å². The first-order valence-corrected chi connectivity index (χ1v) is 6.59. The maximum absolute atomic E-state index is 11.8. The SMILES string of the molecule is CC(CCO)NC(=O)CC1CC2CCC1C2. The highest BCUT2D eigenvalue weighted by Gasteiger charge is 2.40. The third-order valence-corrected chi connectivity index (χ3v) is 4.30. The van der Waals surface area contributed by atoms with Gasteiger partial charge in [-0.15, -0.1) is 0 Å². The van der Waals surface area contributed by atoms with E-state index >= 15 is 0 Å². The molecule has 4 atom stereocenters. The van der Waals surface area contributed by atoms with Crippen molar-refractivity contribution in [3.05, 3.63) is 0 Å². The molecule has 92 valence electrons. The van der Waals surface area contributed by atoms with Gasteiger partial charge >= 0.3 is 0 Å². The molecule has 16 heavy (non-hydrogen) atoms. The van der Waals surface area contributed by atoms with E-state index in [1.54, 1.807) is 0 Å². The molecule has 2 rings (SSSR count). The molecule has 0 saturated heterocycles. The zero-order valence-corrected chi connectivity index (χ0v) is 10.1. The van der Waals surface area contributed by atoms with Crippen molar-refractivity contribution in [2.24, 2.45) is 17.8 Å². The van der Waals surface area contributed by atoms with Crippen molar-refractivity contribution >= 4 is 5.91 Å². The summed E-state index contributed by atoms with van der Waals surface area (Å²) in [5, 5.41) is 11.7. The molecule has 3 nitrogen and oxygen atoms in total. The van der Waals surface area contributed by atoms with E-state index in [4.69, 9.17) is 5.11 Å². The van der Waals surface area contributed by atoms with E-state index in [1.165, 1.54) is 25.7 Å². The van der Waals surface area contributed by atoms with Gasteiger partial charge < -0.3 is 10.4 Å². The quantitative estimate of drug-likeness (QED) is 0.748. The zero-order chi connectivity index (χ0) is 11.5. The molecule has 2 bridgehead atoms. The molecule has 2 saturated carbocycles. The minimum atomic E-state index is 0.107. The molecule has 0 heterocycles. The second-order valence-electron chi connectivity index (χ2n) is 5.62. The number of rotatable bonds is 5. The van der Waals surface area contributed by atoms with E-state index in [0.717, 1.165) is 11.8 Å². The van der Waals surface area contributed by atoms with E-state index in [2.05, 4.69) is 5.32 Å². The number of nitrogens with one attached hydrogen (secondary N) is 1. The molecule has 0 aromatic carbocycles. The van der Waals surface area contributed by atoms with Crippen LogP contribution in [0.1, 0.15) is 45.4 Å². The van der Waals surface area contributed by atoms with Gasteiger partial charge in [0.15, 0.2) is 0 Å². The van der Waals surface area contributed by atoms with Crippen molar-refractivity contribution in [3.63, 3.8) is 0 Å². The summed E-state index contributed by atoms with van der Waals surface area (Å²) in [6, 6.07) is 0.107. The van der Waals surface area contributed by atoms with Crippen molar-refractivity contribution in [3.8, 4) is 0 Å². The fraction of sp³-hybridized carbons (Fsp3) is 0.923. The first-order valence-electron chi connectivity index (χ1n) is 6.59. The number of hydrogen-bond donors (Lipinski definition) is 2. The Bertz CT molecular complexity index is 254. The highest BCUT2D eigenvalue weighted by molar-refractivity contribution is 5.76. The fourth-order valence-electron chi connectivity index (χ4n) is 3.46. The molecular weight excluding hydrogens is 202 g/mol. The first-order chi connectivity index (χ1) is 7.69. The van der Waals surface area contributed by atoms with Gasteiger partial charge in [-0.1, -0.05) is 6.42 Å². The van der Waals surface area contributed by atoms with Gasteiger partial charge in [-0.3, -0.25) is 4.79 Å². The Labute approximate surface area is 97.6 Å². The third-order valence-electron chi connectivity index (χ3n) is 4.30. The number of aliphatic hydroxyl groups is 1. The number of amides is 1. The van der Waals surface area contributed by atoms with Crippen LogP contribution in [0.5, 0.6) is 0 Å². The van der Waals surface area contributed by atoms with Crippen LogP contribution in [0.15, 0.2) is 0 Å². The van der Waals surface area contributed by atoms with E-state index in [-0.39, 0.29) is 18.6 Å². The van der Waals surface area contributed by atoms with Gasteiger partial charge in [0.05, 0.1) is 0 Å². The molecular formula is C13H23NO2. The average molecular weight is 225 g/mol. The lowest BCUT2D eigenvalue weighted by Gasteiger charge is -2.22. The molecule has 2 N–H and O–H groups in total. The zero-order valence-electron chi connectivity index (χ0n) is 10.1. The smallest absolute Gasteiger partial charge is 0.220 e. The van der Waals surface area contributed by atoms with Crippen molar-refractivity contribution in [1.29, 1.82) is 0 Å². The van der Waals surface area contributed by atoms with E-state index < -0.39 is 0 Å². The van der Waals surface area contributed by atoms with Crippen LogP contribution in [0.2, 0.25) is 0 Å². The van der Waals surface area contributed by atoms with Crippen molar-refractivity contribution in [2.75, 3.05) is 6.61 Å². The molecule has 2 aliphatic rings. The summed E-state index contributed by atoms with van der Waals surface area (Å²) in [5.41, 5.74) is 0. The summed E-state index contributed by atoms with van der Waals surface area (Å²) < 4.78 is 0. The number of aliphatic hydroxyl groups excluding tert-OH is 1. The summed E-state index contributed by atoms with van der Waals surface area (Å²) in [6.45, 7) is 2.10. The molecule has 0 aromatic heterocycles. The lowest BCUT2D eigenvalue weighted by Crippen LogP contribution is -2.34. The van der Waals surface area contributed by atoms with Crippen LogP contribution >= 0.6 is 0 Å². The third kappa shape index (κ3) is 2.76. The monoisotopic (exact) mass is 225 g/mol. The predicted molar refractivity (Wildman–Crippen MR) is 62.9 cm³/mol. The van der Waals surface area contributed by atoms with Crippen molar-refractivity contribution in [1.82, 2.24) is 5.32 Å². The molecule has 3 heteroatoms. The average Bonchev–Trinajstić information content (AvgIpc) is 2.78. The Hall–Kier alpha value is -0.570. The molecule has 2 aliphatic carbocycles. The van der Waals surface area contributed by atoms with Crippen LogP contribution < -0.4 is 5.32 Å². The van der Waals surface area contributed by atoms with Crippen LogP contribution in [0.4, 0.5) is 0 Å². The number of carbonyl (C=O) groups excluding carboxylic acids is 1. The lowest BCUT2D eigenvalue weighted by molar-refractivity contribution is -0.123. The number of hydrogen-bond acceptors (Lipinski definition) is 2. The van der Waals surface area contributed by atoms with Gasteiger partial charge in [-0.25, -0.2) is 0 Å². The molecule has 0 aromatic rings. The molecule has 0 spiro atoms. The molecule has 4 unspecified atom stereocenters. The number of carbonyl (C=O) groups is 1. The van der Waals surface area contributed by atoms with Crippen LogP contribution in [-0.4, -0.2) is 23.7 Å². The van der Waals surface area contributed by atoms with Crippen LogP contribution in [0.25, 0.3) is 0 Å². The van der Waals surface area contributed by atoms with Gasteiger partial charge in [0.1, 0.15) is 0 Å². The molecule has 0 radical (unpaired) electrons. The summed E-state index contributed by atoms with van der Waals surface area (Å²) in [5.74, 6) is 2.56.